The molecular formula is C19H13F3N4OS. The van der Waals surface area contributed by atoms with Gasteiger partial charge in [-0.3, -0.25) is 4.98 Å². The summed E-state index contributed by atoms with van der Waals surface area (Å²) in [6, 6.07) is 14.4. The first-order valence-electron chi connectivity index (χ1n) is 8.24. The Morgan fingerprint density at radius 3 is 2.43 bits per heavy atom. The van der Waals surface area contributed by atoms with Crippen LogP contribution in [0, 0.1) is 0 Å². The van der Waals surface area contributed by atoms with Crippen molar-refractivity contribution in [2.45, 2.75) is 17.1 Å². The quantitative estimate of drug-likeness (QED) is 0.514. The molecule has 2 heterocycles. The first kappa shape index (κ1) is 18.3. The van der Waals surface area contributed by atoms with E-state index in [4.69, 9.17) is 0 Å². The molecule has 2 aromatic heterocycles. The number of hydrogen-bond donors (Lipinski definition) is 1. The van der Waals surface area contributed by atoms with E-state index in [2.05, 4.69) is 15.1 Å². The van der Waals surface area contributed by atoms with Crippen LogP contribution in [0.2, 0.25) is 0 Å². The van der Waals surface area contributed by atoms with Crippen molar-refractivity contribution in [3.63, 3.8) is 0 Å². The zero-order valence-electron chi connectivity index (χ0n) is 14.3. The van der Waals surface area contributed by atoms with Crippen LogP contribution in [0.15, 0.2) is 70.7 Å². The number of aromatic nitrogens is 4. The molecule has 0 atom stereocenters. The minimum atomic E-state index is -4.36. The molecule has 142 valence electrons. The standard InChI is InChI=1S/C19H13F3N4OS/c20-19(21,22)14-8-6-12(7-9-14)11-28-17-24-16-15(13-4-2-1-3-5-13)10-23-26(16)18(27)25-17/h1-10H,11H2,(H,24,25,27). The topological polar surface area (TPSA) is 63.0 Å². The largest absolute Gasteiger partial charge is 0.416 e. The van der Waals surface area contributed by atoms with Crippen LogP contribution < -0.4 is 5.69 Å². The fourth-order valence-electron chi connectivity index (χ4n) is 2.70. The lowest BCUT2D eigenvalue weighted by molar-refractivity contribution is -0.137. The highest BCUT2D eigenvalue weighted by Crippen LogP contribution is 2.30. The summed E-state index contributed by atoms with van der Waals surface area (Å²) in [5.74, 6) is 0.367. The summed E-state index contributed by atoms with van der Waals surface area (Å²) in [7, 11) is 0. The predicted octanol–water partition coefficient (Wildman–Crippen LogP) is 4.40. The van der Waals surface area contributed by atoms with Gasteiger partial charge in [0.1, 0.15) is 0 Å². The van der Waals surface area contributed by atoms with Crippen LogP contribution in [-0.2, 0) is 11.9 Å². The molecule has 0 saturated carbocycles. The lowest BCUT2D eigenvalue weighted by Gasteiger charge is -2.07. The van der Waals surface area contributed by atoms with Crippen LogP contribution in [0.5, 0.6) is 0 Å². The lowest BCUT2D eigenvalue weighted by atomic mass is 10.1. The van der Waals surface area contributed by atoms with Crippen molar-refractivity contribution in [2.75, 3.05) is 0 Å². The second kappa shape index (κ2) is 7.16. The Morgan fingerprint density at radius 2 is 1.75 bits per heavy atom. The predicted molar refractivity (Wildman–Crippen MR) is 100 cm³/mol. The Balaban J connectivity index is 1.60. The maximum atomic E-state index is 12.6. The summed E-state index contributed by atoms with van der Waals surface area (Å²) in [5.41, 5.74) is 1.60. The molecule has 0 aliphatic heterocycles. The highest BCUT2D eigenvalue weighted by Gasteiger charge is 2.29. The van der Waals surface area contributed by atoms with E-state index in [1.165, 1.54) is 28.4 Å². The highest BCUT2D eigenvalue weighted by atomic mass is 32.2. The number of nitrogens with one attached hydrogen (secondary N) is 1. The third-order valence-electron chi connectivity index (χ3n) is 4.10. The van der Waals surface area contributed by atoms with Crippen molar-refractivity contribution in [3.8, 4) is 11.1 Å². The molecule has 28 heavy (non-hydrogen) atoms. The number of fused-ring (bicyclic) bond motifs is 1. The molecule has 0 unspecified atom stereocenters. The number of halogens is 3. The molecule has 0 amide bonds. The summed E-state index contributed by atoms with van der Waals surface area (Å²) in [6.07, 6.45) is -2.78. The molecule has 0 fully saturated rings. The molecule has 4 aromatic rings. The van der Waals surface area contributed by atoms with Crippen molar-refractivity contribution in [1.29, 1.82) is 0 Å². The number of rotatable bonds is 4. The second-order valence-electron chi connectivity index (χ2n) is 5.99. The molecule has 0 aliphatic rings. The first-order valence-corrected chi connectivity index (χ1v) is 9.23. The average Bonchev–Trinajstić information content (AvgIpc) is 3.11. The van der Waals surface area contributed by atoms with E-state index in [1.54, 1.807) is 6.20 Å². The van der Waals surface area contributed by atoms with E-state index < -0.39 is 17.4 Å². The summed E-state index contributed by atoms with van der Waals surface area (Å²) in [4.78, 5) is 19.4. The first-order chi connectivity index (χ1) is 13.4. The molecule has 1 N–H and O–H groups in total. The summed E-state index contributed by atoms with van der Waals surface area (Å²) >= 11 is 1.23. The van der Waals surface area contributed by atoms with Crippen molar-refractivity contribution in [3.05, 3.63) is 82.4 Å². The second-order valence-corrected chi connectivity index (χ2v) is 6.95. The molecule has 2 aromatic carbocycles. The van der Waals surface area contributed by atoms with Gasteiger partial charge < -0.3 is 0 Å². The SMILES string of the molecule is O=c1[nH]c(SCc2ccc(C(F)(F)F)cc2)nc2c(-c3ccccc3)cnn12. The maximum Gasteiger partial charge on any atom is 0.416 e. The molecule has 5 nitrogen and oxygen atoms in total. The summed E-state index contributed by atoms with van der Waals surface area (Å²) in [6.45, 7) is 0. The van der Waals surface area contributed by atoms with E-state index in [9.17, 15) is 18.0 Å². The van der Waals surface area contributed by atoms with Gasteiger partial charge in [0, 0.05) is 11.3 Å². The van der Waals surface area contributed by atoms with Crippen molar-refractivity contribution < 1.29 is 13.2 Å². The van der Waals surface area contributed by atoms with Crippen LogP contribution in [0.4, 0.5) is 13.2 Å². The number of benzene rings is 2. The van der Waals surface area contributed by atoms with E-state index in [1.807, 2.05) is 30.3 Å². The fraction of sp³-hybridized carbons (Fsp3) is 0.105. The molecule has 0 aliphatic carbocycles. The van der Waals surface area contributed by atoms with E-state index >= 15 is 0 Å². The third kappa shape index (κ3) is 3.65. The van der Waals surface area contributed by atoms with Gasteiger partial charge in [-0.05, 0) is 23.3 Å². The van der Waals surface area contributed by atoms with E-state index in [0.29, 0.717) is 22.1 Å². The average molecular weight is 402 g/mol. The van der Waals surface area contributed by atoms with E-state index in [-0.39, 0.29) is 0 Å². The van der Waals surface area contributed by atoms with Gasteiger partial charge in [-0.2, -0.15) is 22.8 Å². The molecular weight excluding hydrogens is 389 g/mol. The van der Waals surface area contributed by atoms with Crippen LogP contribution in [0.25, 0.3) is 16.8 Å². The number of thioether (sulfide) groups is 1. The Hall–Kier alpha value is -3.07. The zero-order valence-corrected chi connectivity index (χ0v) is 15.1. The molecule has 4 rings (SSSR count). The zero-order chi connectivity index (χ0) is 19.7. The van der Waals surface area contributed by atoms with Gasteiger partial charge in [0.05, 0.1) is 11.8 Å². The van der Waals surface area contributed by atoms with Crippen LogP contribution >= 0.6 is 11.8 Å². The number of nitrogens with zero attached hydrogens (tertiary/aromatic N) is 3. The van der Waals surface area contributed by atoms with Gasteiger partial charge in [-0.15, -0.1) is 0 Å². The third-order valence-corrected chi connectivity index (χ3v) is 5.04. The molecule has 9 heteroatoms. The normalized spacial score (nSPS) is 11.8. The van der Waals surface area contributed by atoms with Crippen molar-refractivity contribution >= 4 is 17.4 Å². The van der Waals surface area contributed by atoms with E-state index in [0.717, 1.165) is 23.3 Å². The number of hydrogen-bond acceptors (Lipinski definition) is 4. The molecule has 0 radical (unpaired) electrons. The Labute approximate surface area is 161 Å². The molecule has 0 bridgehead atoms. The van der Waals surface area contributed by atoms with Gasteiger partial charge in [-0.25, -0.2) is 9.78 Å². The van der Waals surface area contributed by atoms with Crippen LogP contribution in [-0.4, -0.2) is 19.6 Å². The number of aromatic amines is 1. The Morgan fingerprint density at radius 1 is 1.04 bits per heavy atom. The van der Waals surface area contributed by atoms with Crippen molar-refractivity contribution in [1.82, 2.24) is 19.6 Å². The van der Waals surface area contributed by atoms with Gasteiger partial charge in [0.2, 0.25) is 0 Å². The highest BCUT2D eigenvalue weighted by molar-refractivity contribution is 7.98. The van der Waals surface area contributed by atoms with Gasteiger partial charge >= 0.3 is 11.9 Å². The minimum absolute atomic E-state index is 0.367. The van der Waals surface area contributed by atoms with Gasteiger partial charge in [-0.1, -0.05) is 54.2 Å². The smallest absolute Gasteiger partial charge is 0.285 e. The molecule has 0 saturated heterocycles. The van der Waals surface area contributed by atoms with Crippen molar-refractivity contribution in [2.24, 2.45) is 0 Å². The number of H-pyrrole nitrogens is 1. The van der Waals surface area contributed by atoms with Gasteiger partial charge in [0.15, 0.2) is 10.8 Å². The van der Waals surface area contributed by atoms with Crippen LogP contribution in [0.1, 0.15) is 11.1 Å². The lowest BCUT2D eigenvalue weighted by Crippen LogP contribution is -2.19. The van der Waals surface area contributed by atoms with Crippen LogP contribution in [0.3, 0.4) is 0 Å². The summed E-state index contributed by atoms with van der Waals surface area (Å²) < 4.78 is 39.1. The Bertz CT molecular complexity index is 1170. The summed E-state index contributed by atoms with van der Waals surface area (Å²) in [5, 5.41) is 4.45. The monoisotopic (exact) mass is 402 g/mol. The number of alkyl halides is 3. The maximum absolute atomic E-state index is 12.6. The van der Waals surface area contributed by atoms with Gasteiger partial charge in [0.25, 0.3) is 0 Å². The fourth-order valence-corrected chi connectivity index (χ4v) is 3.50. The molecule has 0 spiro atoms. The minimum Gasteiger partial charge on any atom is -0.285 e. The Kier molecular flexibility index (Phi) is 4.68.